The highest BCUT2D eigenvalue weighted by Crippen LogP contribution is 2.33. The average molecular weight is 287 g/mol. The topological polar surface area (TPSA) is 84.3 Å². The Kier molecular flexibility index (Phi) is 3.25. The van der Waals surface area contributed by atoms with Crippen molar-refractivity contribution in [3.8, 4) is 0 Å². The number of rotatable bonds is 3. The molecule has 0 amide bonds. The Morgan fingerprint density at radius 1 is 1.43 bits per heavy atom. The summed E-state index contributed by atoms with van der Waals surface area (Å²) in [4.78, 5) is 11.5. The highest BCUT2D eigenvalue weighted by molar-refractivity contribution is 6.02. The lowest BCUT2D eigenvalue weighted by atomic mass is 9.93. The zero-order valence-corrected chi connectivity index (χ0v) is 12.0. The number of aromatic nitrogens is 2. The van der Waals surface area contributed by atoms with Gasteiger partial charge in [0, 0.05) is 12.0 Å². The van der Waals surface area contributed by atoms with Crippen molar-refractivity contribution < 1.29 is 14.6 Å². The second-order valence-electron chi connectivity index (χ2n) is 5.55. The van der Waals surface area contributed by atoms with Crippen LogP contribution in [0.2, 0.25) is 0 Å². The van der Waals surface area contributed by atoms with Gasteiger partial charge in [0.2, 0.25) is 0 Å². The molecule has 0 bridgehead atoms. The number of carboxylic acid groups (broad SMARTS) is 1. The van der Waals surface area contributed by atoms with Crippen LogP contribution in [-0.4, -0.2) is 39.5 Å². The molecule has 110 valence electrons. The number of ether oxygens (including phenoxy) is 1. The van der Waals surface area contributed by atoms with Gasteiger partial charge in [-0.25, -0.2) is 4.79 Å². The zero-order valence-electron chi connectivity index (χ0n) is 12.0. The van der Waals surface area contributed by atoms with E-state index in [1.807, 2.05) is 38.1 Å². The van der Waals surface area contributed by atoms with Crippen molar-refractivity contribution in [2.45, 2.75) is 31.9 Å². The minimum atomic E-state index is -1.09. The molecule has 2 heterocycles. The largest absolute Gasteiger partial charge is 0.476 e. The number of carbonyl (C=O) groups is 1. The standard InChI is InChI=1S/C15H17N3O3/c1-9-15(2,7-8-21-9)16-12-10-5-3-4-6-11(10)17-18-13(12)14(19)20/h3-6,9H,7-8H2,1-2H3,(H,16,17)(H,19,20). The van der Waals surface area contributed by atoms with Crippen LogP contribution in [0.15, 0.2) is 24.3 Å². The predicted octanol–water partition coefficient (Wildman–Crippen LogP) is 2.31. The summed E-state index contributed by atoms with van der Waals surface area (Å²) >= 11 is 0. The summed E-state index contributed by atoms with van der Waals surface area (Å²) in [6.45, 7) is 4.67. The molecule has 1 aromatic heterocycles. The molecule has 3 rings (SSSR count). The van der Waals surface area contributed by atoms with Gasteiger partial charge in [-0.1, -0.05) is 18.2 Å². The molecule has 0 aliphatic carbocycles. The van der Waals surface area contributed by atoms with Gasteiger partial charge in [-0.3, -0.25) is 0 Å². The molecule has 6 nitrogen and oxygen atoms in total. The van der Waals surface area contributed by atoms with Crippen LogP contribution in [0.4, 0.5) is 5.69 Å². The molecule has 1 fully saturated rings. The third-order valence-corrected chi connectivity index (χ3v) is 4.17. The minimum Gasteiger partial charge on any atom is -0.476 e. The molecule has 2 N–H and O–H groups in total. The Labute approximate surface area is 122 Å². The number of hydrogen-bond donors (Lipinski definition) is 2. The van der Waals surface area contributed by atoms with Crippen molar-refractivity contribution in [2.24, 2.45) is 0 Å². The minimum absolute atomic E-state index is 0.00827. The molecular weight excluding hydrogens is 270 g/mol. The molecule has 1 aromatic carbocycles. The number of aromatic carboxylic acids is 1. The van der Waals surface area contributed by atoms with Gasteiger partial charge in [-0.2, -0.15) is 0 Å². The zero-order chi connectivity index (χ0) is 15.0. The van der Waals surface area contributed by atoms with Crippen LogP contribution in [0.1, 0.15) is 30.8 Å². The van der Waals surface area contributed by atoms with Crippen molar-refractivity contribution in [3.63, 3.8) is 0 Å². The smallest absolute Gasteiger partial charge is 0.358 e. The van der Waals surface area contributed by atoms with Gasteiger partial charge in [-0.15, -0.1) is 10.2 Å². The number of nitrogens with zero attached hydrogens (tertiary/aromatic N) is 2. The Balaban J connectivity index is 2.15. The molecule has 2 atom stereocenters. The fourth-order valence-corrected chi connectivity index (χ4v) is 2.61. The SMILES string of the molecule is CC1OCCC1(C)Nc1c(C(=O)O)nnc2ccccc12. The van der Waals surface area contributed by atoms with Crippen LogP contribution in [0, 0.1) is 0 Å². The van der Waals surface area contributed by atoms with Gasteiger partial charge in [0.05, 0.1) is 22.8 Å². The normalized spacial score (nSPS) is 25.1. The number of carboxylic acids is 1. The first-order valence-corrected chi connectivity index (χ1v) is 6.90. The van der Waals surface area contributed by atoms with Gasteiger partial charge in [0.25, 0.3) is 0 Å². The summed E-state index contributed by atoms with van der Waals surface area (Å²) in [6, 6.07) is 7.38. The number of nitrogens with one attached hydrogen (secondary N) is 1. The van der Waals surface area contributed by atoms with E-state index in [0.29, 0.717) is 17.8 Å². The maximum Gasteiger partial charge on any atom is 0.358 e. The van der Waals surface area contributed by atoms with E-state index < -0.39 is 5.97 Å². The van der Waals surface area contributed by atoms with E-state index in [1.54, 1.807) is 0 Å². The quantitative estimate of drug-likeness (QED) is 0.901. The first-order chi connectivity index (χ1) is 10.0. The molecule has 1 aliphatic heterocycles. The lowest BCUT2D eigenvalue weighted by molar-refractivity contribution is 0.0690. The fourth-order valence-electron chi connectivity index (χ4n) is 2.61. The lowest BCUT2D eigenvalue weighted by Gasteiger charge is -2.31. The molecule has 0 spiro atoms. The summed E-state index contributed by atoms with van der Waals surface area (Å²) in [5.41, 5.74) is 0.790. The van der Waals surface area contributed by atoms with Crippen LogP contribution in [-0.2, 0) is 4.74 Å². The van der Waals surface area contributed by atoms with Crippen LogP contribution in [0.25, 0.3) is 10.9 Å². The summed E-state index contributed by atoms with van der Waals surface area (Å²) in [5, 5.41) is 21.3. The second kappa shape index (κ2) is 4.96. The van der Waals surface area contributed by atoms with Gasteiger partial charge >= 0.3 is 5.97 Å². The van der Waals surface area contributed by atoms with E-state index in [9.17, 15) is 9.90 Å². The molecule has 2 unspecified atom stereocenters. The first kappa shape index (κ1) is 13.8. The van der Waals surface area contributed by atoms with Crippen molar-refractivity contribution in [2.75, 3.05) is 11.9 Å². The number of anilines is 1. The fraction of sp³-hybridized carbons (Fsp3) is 0.400. The van der Waals surface area contributed by atoms with E-state index in [2.05, 4.69) is 15.5 Å². The molecule has 0 saturated carbocycles. The van der Waals surface area contributed by atoms with Crippen molar-refractivity contribution in [1.29, 1.82) is 0 Å². The molecule has 1 saturated heterocycles. The van der Waals surface area contributed by atoms with Gasteiger partial charge in [0.15, 0.2) is 5.69 Å². The predicted molar refractivity (Wildman–Crippen MR) is 78.6 cm³/mol. The van der Waals surface area contributed by atoms with Crippen molar-refractivity contribution >= 4 is 22.6 Å². The van der Waals surface area contributed by atoms with Crippen molar-refractivity contribution in [3.05, 3.63) is 30.0 Å². The van der Waals surface area contributed by atoms with Gasteiger partial charge < -0.3 is 15.2 Å². The van der Waals surface area contributed by atoms with Crippen LogP contribution in [0.5, 0.6) is 0 Å². The number of benzene rings is 1. The molecule has 0 radical (unpaired) electrons. The highest BCUT2D eigenvalue weighted by atomic mass is 16.5. The van der Waals surface area contributed by atoms with E-state index in [1.165, 1.54) is 0 Å². The van der Waals surface area contributed by atoms with Crippen LogP contribution < -0.4 is 5.32 Å². The monoisotopic (exact) mass is 287 g/mol. The van der Waals surface area contributed by atoms with Gasteiger partial charge in [-0.05, 0) is 26.3 Å². The van der Waals surface area contributed by atoms with Crippen LogP contribution in [0.3, 0.4) is 0 Å². The maximum absolute atomic E-state index is 11.5. The third-order valence-electron chi connectivity index (χ3n) is 4.17. The number of fused-ring (bicyclic) bond motifs is 1. The van der Waals surface area contributed by atoms with E-state index >= 15 is 0 Å². The highest BCUT2D eigenvalue weighted by Gasteiger charge is 2.38. The Bertz CT molecular complexity index is 704. The Morgan fingerprint density at radius 3 is 2.86 bits per heavy atom. The van der Waals surface area contributed by atoms with E-state index in [4.69, 9.17) is 4.74 Å². The number of hydrogen-bond acceptors (Lipinski definition) is 5. The summed E-state index contributed by atoms with van der Waals surface area (Å²) in [5.74, 6) is -1.09. The van der Waals surface area contributed by atoms with Crippen LogP contribution >= 0.6 is 0 Å². The molecule has 2 aromatic rings. The van der Waals surface area contributed by atoms with E-state index in [0.717, 1.165) is 11.8 Å². The molecular formula is C15H17N3O3. The molecule has 1 aliphatic rings. The Hall–Kier alpha value is -2.21. The first-order valence-electron chi connectivity index (χ1n) is 6.90. The van der Waals surface area contributed by atoms with Crippen molar-refractivity contribution in [1.82, 2.24) is 10.2 Å². The average Bonchev–Trinajstić information content (AvgIpc) is 2.78. The lowest BCUT2D eigenvalue weighted by Crippen LogP contribution is -2.41. The maximum atomic E-state index is 11.5. The molecule has 6 heteroatoms. The summed E-state index contributed by atoms with van der Waals surface area (Å²) < 4.78 is 5.61. The third kappa shape index (κ3) is 2.31. The van der Waals surface area contributed by atoms with E-state index in [-0.39, 0.29) is 17.3 Å². The Morgan fingerprint density at radius 2 is 2.19 bits per heavy atom. The summed E-state index contributed by atoms with van der Waals surface area (Å²) in [6.07, 6.45) is 0.801. The summed E-state index contributed by atoms with van der Waals surface area (Å²) in [7, 11) is 0. The molecule has 21 heavy (non-hydrogen) atoms. The van der Waals surface area contributed by atoms with Gasteiger partial charge in [0.1, 0.15) is 0 Å². The second-order valence-corrected chi connectivity index (χ2v) is 5.55.